The van der Waals surface area contributed by atoms with Crippen LogP contribution in [0.4, 0.5) is 0 Å². The number of hydrogen-bond donors (Lipinski definition) is 1. The molecular weight excluding hydrogens is 422 g/mol. The Labute approximate surface area is 171 Å². The number of amides is 1. The lowest BCUT2D eigenvalue weighted by Gasteiger charge is -2.25. The summed E-state index contributed by atoms with van der Waals surface area (Å²) in [6, 6.07) is 7.93. The van der Waals surface area contributed by atoms with E-state index in [2.05, 4.69) is 39.3 Å². The number of benzene rings is 2. The number of ether oxygens (including phenoxy) is 2. The van der Waals surface area contributed by atoms with E-state index in [9.17, 15) is 4.79 Å². The third-order valence-electron chi connectivity index (χ3n) is 5.12. The second-order valence-electron chi connectivity index (χ2n) is 6.96. The average molecular weight is 444 g/mol. The molecule has 0 unspecified atom stereocenters. The largest absolute Gasteiger partial charge is 0.496 e. The molecule has 0 aliphatic carbocycles. The summed E-state index contributed by atoms with van der Waals surface area (Å²) in [6.07, 6.45) is 0. The zero-order valence-corrected chi connectivity index (χ0v) is 17.9. The first kappa shape index (κ1) is 18.8. The molecule has 0 saturated heterocycles. The monoisotopic (exact) mass is 443 g/mol. The predicted octanol–water partition coefficient (Wildman–Crippen LogP) is 4.26. The number of nitrogens with one attached hydrogen (secondary N) is 1. The molecule has 0 saturated carbocycles. The van der Waals surface area contributed by atoms with Crippen molar-refractivity contribution >= 4 is 32.7 Å². The van der Waals surface area contributed by atoms with Gasteiger partial charge in [0, 0.05) is 23.6 Å². The molecule has 1 aliphatic heterocycles. The summed E-state index contributed by atoms with van der Waals surface area (Å²) in [5.74, 6) is 1.45. The molecule has 146 valence electrons. The zero-order valence-electron chi connectivity index (χ0n) is 16.3. The lowest BCUT2D eigenvalue weighted by atomic mass is 9.88. The summed E-state index contributed by atoms with van der Waals surface area (Å²) in [5.41, 5.74) is 4.33. The minimum Gasteiger partial charge on any atom is -0.496 e. The van der Waals surface area contributed by atoms with Crippen LogP contribution < -0.4 is 14.8 Å². The fourth-order valence-electron chi connectivity index (χ4n) is 3.87. The third kappa shape index (κ3) is 2.94. The van der Waals surface area contributed by atoms with E-state index in [1.165, 1.54) is 0 Å². The van der Waals surface area contributed by atoms with Gasteiger partial charge in [-0.15, -0.1) is 0 Å². The Bertz CT molecular complexity index is 1090. The van der Waals surface area contributed by atoms with E-state index in [1.54, 1.807) is 7.11 Å². The van der Waals surface area contributed by atoms with Gasteiger partial charge in [-0.3, -0.25) is 9.48 Å². The topological polar surface area (TPSA) is 65.4 Å². The fourth-order valence-corrected chi connectivity index (χ4v) is 4.29. The minimum atomic E-state index is -0.0923. The normalized spacial score (nSPS) is 16.0. The van der Waals surface area contributed by atoms with E-state index in [0.29, 0.717) is 24.5 Å². The van der Waals surface area contributed by atoms with Gasteiger partial charge in [-0.05, 0) is 42.7 Å². The van der Waals surface area contributed by atoms with Gasteiger partial charge in [0.05, 0.1) is 35.9 Å². The van der Waals surface area contributed by atoms with Gasteiger partial charge in [0.15, 0.2) is 0 Å². The molecule has 1 aliphatic rings. The molecule has 1 aromatic heterocycles. The Balaban J connectivity index is 2.02. The Kier molecular flexibility index (Phi) is 4.79. The highest BCUT2D eigenvalue weighted by atomic mass is 79.9. The van der Waals surface area contributed by atoms with Crippen LogP contribution in [0.5, 0.6) is 11.5 Å². The highest BCUT2D eigenvalue weighted by molar-refractivity contribution is 9.10. The second kappa shape index (κ2) is 7.13. The lowest BCUT2D eigenvalue weighted by Crippen LogP contribution is -2.34. The predicted molar refractivity (Wildman–Crippen MR) is 112 cm³/mol. The Hall–Kier alpha value is -2.54. The van der Waals surface area contributed by atoms with Crippen molar-refractivity contribution in [2.45, 2.75) is 19.8 Å². The van der Waals surface area contributed by atoms with Crippen molar-refractivity contribution < 1.29 is 14.3 Å². The summed E-state index contributed by atoms with van der Waals surface area (Å²) in [6.45, 7) is 5.24. The van der Waals surface area contributed by atoms with Crippen molar-refractivity contribution in [3.8, 4) is 22.8 Å². The molecule has 7 heteroatoms. The summed E-state index contributed by atoms with van der Waals surface area (Å²) in [5, 5.41) is 8.56. The van der Waals surface area contributed by atoms with Gasteiger partial charge >= 0.3 is 0 Å². The SMILES string of the molecule is CCOc1cc(Br)cc2nn(C)c(-c3cc(OC)c4c(c3)[C@@H](C)CNC4=O)c12. The molecule has 0 spiro atoms. The molecular formula is C21H22BrN3O3. The third-order valence-corrected chi connectivity index (χ3v) is 5.57. The van der Waals surface area contributed by atoms with Gasteiger partial charge < -0.3 is 14.8 Å². The number of halogens is 1. The maximum Gasteiger partial charge on any atom is 0.255 e. The highest BCUT2D eigenvalue weighted by Crippen LogP contribution is 2.41. The van der Waals surface area contributed by atoms with Crippen LogP contribution in [0.3, 0.4) is 0 Å². The van der Waals surface area contributed by atoms with Crippen LogP contribution in [0.25, 0.3) is 22.2 Å². The smallest absolute Gasteiger partial charge is 0.255 e. The first-order valence-corrected chi connectivity index (χ1v) is 10.0. The molecule has 1 N–H and O–H groups in total. The number of aromatic nitrogens is 2. The minimum absolute atomic E-state index is 0.0923. The highest BCUT2D eigenvalue weighted by Gasteiger charge is 2.28. The van der Waals surface area contributed by atoms with Crippen LogP contribution in [0.15, 0.2) is 28.7 Å². The summed E-state index contributed by atoms with van der Waals surface area (Å²) in [4.78, 5) is 12.4. The average Bonchev–Trinajstić information content (AvgIpc) is 2.99. The van der Waals surface area contributed by atoms with E-state index in [-0.39, 0.29) is 11.8 Å². The van der Waals surface area contributed by atoms with Crippen LogP contribution in [0, 0.1) is 0 Å². The quantitative estimate of drug-likeness (QED) is 0.654. The van der Waals surface area contributed by atoms with Crippen LogP contribution >= 0.6 is 15.9 Å². The van der Waals surface area contributed by atoms with Crippen LogP contribution in [-0.2, 0) is 7.05 Å². The number of fused-ring (bicyclic) bond motifs is 2. The summed E-state index contributed by atoms with van der Waals surface area (Å²) in [7, 11) is 3.51. The molecule has 1 atom stereocenters. The molecule has 28 heavy (non-hydrogen) atoms. The molecule has 0 fully saturated rings. The number of carbonyl (C=O) groups is 1. The fraction of sp³-hybridized carbons (Fsp3) is 0.333. The standard InChI is InChI=1S/C21H22BrN3O3/c1-5-28-17-9-13(22)8-15-19(17)20(25(3)24-15)12-6-14-11(2)10-23-21(26)18(14)16(7-12)27-4/h6-9,11H,5,10H2,1-4H3,(H,23,26)/t11-/m0/s1. The number of methoxy groups -OCH3 is 1. The van der Waals surface area contributed by atoms with Crippen molar-refractivity contribution in [3.05, 3.63) is 39.9 Å². The Morgan fingerprint density at radius 1 is 1.29 bits per heavy atom. The number of carbonyl (C=O) groups excluding carboxylic acids is 1. The van der Waals surface area contributed by atoms with Gasteiger partial charge in [-0.2, -0.15) is 5.10 Å². The van der Waals surface area contributed by atoms with Gasteiger partial charge in [-0.1, -0.05) is 22.9 Å². The zero-order chi connectivity index (χ0) is 20.0. The number of rotatable bonds is 4. The van der Waals surface area contributed by atoms with Gasteiger partial charge in [-0.25, -0.2) is 0 Å². The van der Waals surface area contributed by atoms with Crippen molar-refractivity contribution in [1.82, 2.24) is 15.1 Å². The van der Waals surface area contributed by atoms with E-state index >= 15 is 0 Å². The molecule has 2 heterocycles. The van der Waals surface area contributed by atoms with E-state index in [1.807, 2.05) is 36.9 Å². The molecule has 6 nitrogen and oxygen atoms in total. The first-order valence-electron chi connectivity index (χ1n) is 9.24. The molecule has 0 radical (unpaired) electrons. The van der Waals surface area contributed by atoms with Crippen LogP contribution in [0.1, 0.15) is 35.7 Å². The lowest BCUT2D eigenvalue weighted by molar-refractivity contribution is 0.0938. The number of nitrogens with zero attached hydrogens (tertiary/aromatic N) is 2. The Morgan fingerprint density at radius 2 is 2.07 bits per heavy atom. The van der Waals surface area contributed by atoms with E-state index in [4.69, 9.17) is 9.47 Å². The number of aryl methyl sites for hydroxylation is 1. The molecule has 4 rings (SSSR count). The van der Waals surface area contributed by atoms with Crippen LogP contribution in [0.2, 0.25) is 0 Å². The number of hydrogen-bond acceptors (Lipinski definition) is 4. The van der Waals surface area contributed by atoms with E-state index < -0.39 is 0 Å². The summed E-state index contributed by atoms with van der Waals surface area (Å²) < 4.78 is 14.3. The van der Waals surface area contributed by atoms with Gasteiger partial charge in [0.1, 0.15) is 11.5 Å². The van der Waals surface area contributed by atoms with Gasteiger partial charge in [0.2, 0.25) is 0 Å². The Morgan fingerprint density at radius 3 is 2.79 bits per heavy atom. The summed E-state index contributed by atoms with van der Waals surface area (Å²) >= 11 is 3.54. The maximum absolute atomic E-state index is 12.4. The molecule has 2 aromatic carbocycles. The maximum atomic E-state index is 12.4. The molecule has 1 amide bonds. The van der Waals surface area contributed by atoms with E-state index in [0.717, 1.165) is 37.9 Å². The van der Waals surface area contributed by atoms with Crippen molar-refractivity contribution in [1.29, 1.82) is 0 Å². The molecule has 3 aromatic rings. The van der Waals surface area contributed by atoms with Crippen molar-refractivity contribution in [2.24, 2.45) is 7.05 Å². The second-order valence-corrected chi connectivity index (χ2v) is 7.87. The van der Waals surface area contributed by atoms with Gasteiger partial charge in [0.25, 0.3) is 5.91 Å². The molecule has 0 bridgehead atoms. The first-order chi connectivity index (χ1) is 13.4. The van der Waals surface area contributed by atoms with Crippen LogP contribution in [-0.4, -0.2) is 35.9 Å². The van der Waals surface area contributed by atoms with Crippen molar-refractivity contribution in [2.75, 3.05) is 20.3 Å². The van der Waals surface area contributed by atoms with Crippen molar-refractivity contribution in [3.63, 3.8) is 0 Å².